The zero-order chi connectivity index (χ0) is 14.0. The SMILES string of the molecule is CN(Cc1cnn(C)c1)c1ncc(F)cc1C(=O)O. The number of aryl methyl sites for hydroxylation is 1. The minimum Gasteiger partial charge on any atom is -0.478 e. The molecule has 2 heterocycles. The number of carboxylic acids is 1. The number of carbonyl (C=O) groups is 1. The van der Waals surface area contributed by atoms with Gasteiger partial charge in [0.15, 0.2) is 0 Å². The molecule has 7 heteroatoms. The summed E-state index contributed by atoms with van der Waals surface area (Å²) in [7, 11) is 3.49. The number of aromatic nitrogens is 3. The minimum atomic E-state index is -1.21. The van der Waals surface area contributed by atoms with Crippen LogP contribution in [-0.2, 0) is 13.6 Å². The van der Waals surface area contributed by atoms with Gasteiger partial charge in [-0.05, 0) is 6.07 Å². The Hall–Kier alpha value is -2.44. The Labute approximate surface area is 109 Å². The second-order valence-corrected chi connectivity index (χ2v) is 4.21. The molecule has 0 saturated heterocycles. The Morgan fingerprint density at radius 2 is 2.26 bits per heavy atom. The molecule has 19 heavy (non-hydrogen) atoms. The van der Waals surface area contributed by atoms with Gasteiger partial charge in [-0.1, -0.05) is 0 Å². The van der Waals surface area contributed by atoms with Crippen LogP contribution >= 0.6 is 0 Å². The fourth-order valence-corrected chi connectivity index (χ4v) is 1.80. The van der Waals surface area contributed by atoms with Crippen LogP contribution in [0, 0.1) is 5.82 Å². The van der Waals surface area contributed by atoms with Crippen LogP contribution in [0.1, 0.15) is 15.9 Å². The summed E-state index contributed by atoms with van der Waals surface area (Å²) in [5, 5.41) is 13.1. The highest BCUT2D eigenvalue weighted by Gasteiger charge is 2.16. The van der Waals surface area contributed by atoms with Gasteiger partial charge in [0.05, 0.1) is 12.4 Å². The molecule has 6 nitrogen and oxygen atoms in total. The second kappa shape index (κ2) is 5.05. The van der Waals surface area contributed by atoms with Crippen LogP contribution in [0.2, 0.25) is 0 Å². The number of hydrogen-bond acceptors (Lipinski definition) is 4. The summed E-state index contributed by atoms with van der Waals surface area (Å²) < 4.78 is 14.7. The van der Waals surface area contributed by atoms with Crippen molar-refractivity contribution in [3.63, 3.8) is 0 Å². The van der Waals surface area contributed by atoms with E-state index in [-0.39, 0.29) is 11.4 Å². The molecule has 2 aromatic rings. The van der Waals surface area contributed by atoms with Crippen LogP contribution in [0.15, 0.2) is 24.7 Å². The standard InChI is InChI=1S/C12H13FN4O2/c1-16(6-8-4-15-17(2)7-8)11-10(12(18)19)3-9(13)5-14-11/h3-5,7H,6H2,1-2H3,(H,18,19). The molecule has 0 saturated carbocycles. The maximum absolute atomic E-state index is 13.0. The third-order valence-corrected chi connectivity index (χ3v) is 2.60. The molecule has 0 bridgehead atoms. The number of carboxylic acid groups (broad SMARTS) is 1. The molecule has 0 amide bonds. The van der Waals surface area contributed by atoms with Crippen LogP contribution < -0.4 is 4.90 Å². The highest BCUT2D eigenvalue weighted by atomic mass is 19.1. The molecule has 0 aliphatic carbocycles. The minimum absolute atomic E-state index is 0.161. The molecule has 1 N–H and O–H groups in total. The number of pyridine rings is 1. The van der Waals surface area contributed by atoms with Crippen molar-refractivity contribution in [2.24, 2.45) is 7.05 Å². The Morgan fingerprint density at radius 1 is 1.53 bits per heavy atom. The van der Waals surface area contributed by atoms with Gasteiger partial charge in [0.1, 0.15) is 17.2 Å². The van der Waals surface area contributed by atoms with Gasteiger partial charge in [-0.15, -0.1) is 0 Å². The van der Waals surface area contributed by atoms with Crippen molar-refractivity contribution >= 4 is 11.8 Å². The van der Waals surface area contributed by atoms with E-state index in [0.717, 1.165) is 17.8 Å². The van der Waals surface area contributed by atoms with Gasteiger partial charge in [-0.2, -0.15) is 5.10 Å². The molecule has 2 aromatic heterocycles. The number of aromatic carboxylic acids is 1. The van der Waals surface area contributed by atoms with Gasteiger partial charge < -0.3 is 10.0 Å². The van der Waals surface area contributed by atoms with Crippen molar-refractivity contribution in [3.8, 4) is 0 Å². The highest BCUT2D eigenvalue weighted by Crippen LogP contribution is 2.19. The molecule has 0 unspecified atom stereocenters. The van der Waals surface area contributed by atoms with Crippen molar-refractivity contribution in [2.75, 3.05) is 11.9 Å². The normalized spacial score (nSPS) is 10.5. The van der Waals surface area contributed by atoms with E-state index < -0.39 is 11.8 Å². The zero-order valence-corrected chi connectivity index (χ0v) is 10.5. The summed E-state index contributed by atoms with van der Waals surface area (Å²) in [4.78, 5) is 16.6. The summed E-state index contributed by atoms with van der Waals surface area (Å²) in [6, 6.07) is 0.963. The molecule has 0 atom stereocenters. The smallest absolute Gasteiger partial charge is 0.339 e. The van der Waals surface area contributed by atoms with E-state index in [1.807, 2.05) is 6.20 Å². The third kappa shape index (κ3) is 2.87. The second-order valence-electron chi connectivity index (χ2n) is 4.21. The van der Waals surface area contributed by atoms with Crippen LogP contribution in [0.25, 0.3) is 0 Å². The summed E-state index contributed by atoms with van der Waals surface area (Å²) >= 11 is 0. The van der Waals surface area contributed by atoms with E-state index in [9.17, 15) is 9.18 Å². The van der Waals surface area contributed by atoms with Gasteiger partial charge in [0, 0.05) is 32.4 Å². The molecule has 0 aliphatic heterocycles. The van der Waals surface area contributed by atoms with Gasteiger partial charge in [0.2, 0.25) is 0 Å². The molecule has 0 aromatic carbocycles. The molecular formula is C12H13FN4O2. The van der Waals surface area contributed by atoms with Crippen LogP contribution in [0.4, 0.5) is 10.2 Å². The lowest BCUT2D eigenvalue weighted by atomic mass is 10.2. The highest BCUT2D eigenvalue weighted by molar-refractivity contribution is 5.93. The lowest BCUT2D eigenvalue weighted by molar-refractivity contribution is 0.0696. The third-order valence-electron chi connectivity index (χ3n) is 2.60. The van der Waals surface area contributed by atoms with Crippen molar-refractivity contribution in [3.05, 3.63) is 41.6 Å². The number of anilines is 1. The fraction of sp³-hybridized carbons (Fsp3) is 0.250. The van der Waals surface area contributed by atoms with E-state index >= 15 is 0 Å². The topological polar surface area (TPSA) is 71.2 Å². The Kier molecular flexibility index (Phi) is 3.46. The largest absolute Gasteiger partial charge is 0.478 e. The first kappa shape index (κ1) is 13.0. The summed E-state index contributed by atoms with van der Waals surface area (Å²) in [5.74, 6) is -1.66. The lowest BCUT2D eigenvalue weighted by Crippen LogP contribution is -2.20. The fourth-order valence-electron chi connectivity index (χ4n) is 1.80. The van der Waals surface area contributed by atoms with Crippen molar-refractivity contribution in [1.82, 2.24) is 14.8 Å². The first-order valence-corrected chi connectivity index (χ1v) is 5.55. The number of hydrogen-bond donors (Lipinski definition) is 1. The van der Waals surface area contributed by atoms with Gasteiger partial charge in [-0.3, -0.25) is 4.68 Å². The molecule has 0 fully saturated rings. The predicted molar refractivity (Wildman–Crippen MR) is 66.5 cm³/mol. The zero-order valence-electron chi connectivity index (χ0n) is 10.5. The quantitative estimate of drug-likeness (QED) is 0.901. The molecule has 100 valence electrons. The van der Waals surface area contributed by atoms with Crippen molar-refractivity contribution < 1.29 is 14.3 Å². The first-order valence-electron chi connectivity index (χ1n) is 5.55. The molecule has 2 rings (SSSR count). The van der Waals surface area contributed by atoms with E-state index in [1.165, 1.54) is 0 Å². The van der Waals surface area contributed by atoms with Gasteiger partial charge in [-0.25, -0.2) is 14.2 Å². The van der Waals surface area contributed by atoms with Gasteiger partial charge >= 0.3 is 5.97 Å². The van der Waals surface area contributed by atoms with E-state index in [2.05, 4.69) is 10.1 Å². The maximum atomic E-state index is 13.0. The van der Waals surface area contributed by atoms with Crippen LogP contribution in [-0.4, -0.2) is 32.9 Å². The average molecular weight is 264 g/mol. The van der Waals surface area contributed by atoms with Crippen molar-refractivity contribution in [2.45, 2.75) is 6.54 Å². The van der Waals surface area contributed by atoms with Crippen LogP contribution in [0.5, 0.6) is 0 Å². The molecule has 0 aliphatic rings. The van der Waals surface area contributed by atoms with Crippen LogP contribution in [0.3, 0.4) is 0 Å². The Bertz CT molecular complexity index is 612. The monoisotopic (exact) mass is 264 g/mol. The van der Waals surface area contributed by atoms with E-state index in [0.29, 0.717) is 6.54 Å². The first-order chi connectivity index (χ1) is 8.97. The number of nitrogens with zero attached hydrogens (tertiary/aromatic N) is 4. The maximum Gasteiger partial charge on any atom is 0.339 e. The number of halogens is 1. The Morgan fingerprint density at radius 3 is 2.84 bits per heavy atom. The van der Waals surface area contributed by atoms with E-state index in [1.54, 1.807) is 29.9 Å². The predicted octanol–water partition coefficient (Wildman–Crippen LogP) is 1.29. The summed E-state index contributed by atoms with van der Waals surface area (Å²) in [6.07, 6.45) is 4.50. The van der Waals surface area contributed by atoms with Gasteiger partial charge in [0.25, 0.3) is 0 Å². The summed E-state index contributed by atoms with van der Waals surface area (Å²) in [6.45, 7) is 0.437. The summed E-state index contributed by atoms with van der Waals surface area (Å²) in [5.41, 5.74) is 0.749. The molecule has 0 spiro atoms. The van der Waals surface area contributed by atoms with Crippen molar-refractivity contribution in [1.29, 1.82) is 0 Å². The van der Waals surface area contributed by atoms with E-state index in [4.69, 9.17) is 5.11 Å². The Balaban J connectivity index is 2.28. The lowest BCUT2D eigenvalue weighted by Gasteiger charge is -2.19. The molecule has 0 radical (unpaired) electrons. The number of rotatable bonds is 4. The molecular weight excluding hydrogens is 251 g/mol. The average Bonchev–Trinajstić information content (AvgIpc) is 2.74.